The first-order chi connectivity index (χ1) is 7.80. The summed E-state index contributed by atoms with van der Waals surface area (Å²) in [7, 11) is 0. The molecule has 0 radical (unpaired) electrons. The van der Waals surface area contributed by atoms with Crippen LogP contribution in [0.5, 0.6) is 0 Å². The zero-order chi connectivity index (χ0) is 13.5. The summed E-state index contributed by atoms with van der Waals surface area (Å²) < 4.78 is 18.4. The molecule has 0 saturated carbocycles. The van der Waals surface area contributed by atoms with E-state index >= 15 is 0 Å². The number of carbonyl (C=O) groups excluding carboxylic acids is 1. The van der Waals surface area contributed by atoms with Gasteiger partial charge < -0.3 is 19.1 Å². The van der Waals surface area contributed by atoms with Crippen molar-refractivity contribution in [3.8, 4) is 0 Å². The van der Waals surface area contributed by atoms with Crippen LogP contribution in [0.25, 0.3) is 0 Å². The Balaban J connectivity index is 0. The maximum absolute atomic E-state index is 11.4. The smallest absolute Gasteiger partial charge is 0.595 e. The van der Waals surface area contributed by atoms with E-state index in [4.69, 9.17) is 14.0 Å². The molecule has 8 heteroatoms. The number of carbonyl (C=O) groups is 1. The molecule has 1 N–H and O–H groups in total. The van der Waals surface area contributed by atoms with E-state index in [1.165, 1.54) is 0 Å². The summed E-state index contributed by atoms with van der Waals surface area (Å²) in [6.07, 6.45) is -0.843. The maximum Gasteiger partial charge on any atom is 1.00 e. The molecule has 6 nitrogen and oxygen atoms in total. The molecule has 0 rings (SSSR count). The molecular formula is C10H18LiNO5S. The average Bonchev–Trinajstić information content (AvgIpc) is 2.14. The van der Waals surface area contributed by atoms with Gasteiger partial charge in [0.2, 0.25) is 0 Å². The molecule has 0 aromatic carbocycles. The van der Waals surface area contributed by atoms with Gasteiger partial charge >= 0.3 is 24.8 Å². The molecule has 0 fully saturated rings. The Bertz CT molecular complexity index is 280. The third kappa shape index (κ3) is 9.65. The van der Waals surface area contributed by atoms with Gasteiger partial charge in [-0.25, -0.2) is 4.79 Å². The van der Waals surface area contributed by atoms with Crippen LogP contribution in [-0.4, -0.2) is 40.6 Å². The second kappa shape index (κ2) is 9.56. The molecule has 0 amide bonds. The van der Waals surface area contributed by atoms with E-state index in [9.17, 15) is 9.90 Å². The third-order valence-corrected chi connectivity index (χ3v) is 1.91. The summed E-state index contributed by atoms with van der Waals surface area (Å²) in [5, 5.41) is 11.4. The fourth-order valence-electron chi connectivity index (χ4n) is 0.883. The molecule has 0 bridgehead atoms. The largest absolute Gasteiger partial charge is 1.00 e. The fourth-order valence-corrected chi connectivity index (χ4v) is 1.23. The molecule has 0 heterocycles. The van der Waals surface area contributed by atoms with Crippen molar-refractivity contribution >= 4 is 24.1 Å². The van der Waals surface area contributed by atoms with Crippen LogP contribution < -0.4 is 24.0 Å². The van der Waals surface area contributed by atoms with Crippen LogP contribution in [0, 0.1) is 0 Å². The predicted octanol–water partition coefficient (Wildman–Crippen LogP) is -2.34. The average molecular weight is 271 g/mol. The number of aliphatic imine (C=N–C) groups is 1. The van der Waals surface area contributed by atoms with Crippen molar-refractivity contribution in [1.82, 2.24) is 0 Å². The molecule has 1 atom stereocenters. The van der Waals surface area contributed by atoms with Gasteiger partial charge in [0.25, 0.3) is 0 Å². The van der Waals surface area contributed by atoms with Gasteiger partial charge in [-0.1, -0.05) is 20.8 Å². The molecule has 0 aliphatic carbocycles. The molecule has 0 aliphatic heterocycles. The number of hydrogen-bond donors (Lipinski definition) is 1. The maximum atomic E-state index is 11.4. The Morgan fingerprint density at radius 1 is 1.50 bits per heavy atom. The number of hydrogen-bond acceptors (Lipinski definition) is 7. The Morgan fingerprint density at radius 2 is 2.06 bits per heavy atom. The number of ether oxygens (including phenoxy) is 2. The van der Waals surface area contributed by atoms with E-state index in [2.05, 4.69) is 4.99 Å². The van der Waals surface area contributed by atoms with E-state index in [-0.39, 0.29) is 31.2 Å². The minimum absolute atomic E-state index is 0. The number of rotatable bonds is 5. The van der Waals surface area contributed by atoms with Gasteiger partial charge in [0.05, 0.1) is 12.4 Å². The van der Waals surface area contributed by atoms with Crippen LogP contribution in [0.3, 0.4) is 0 Å². The molecule has 0 spiro atoms. The van der Waals surface area contributed by atoms with Gasteiger partial charge in [-0.15, -0.1) is 0 Å². The first kappa shape index (κ1) is 20.0. The molecular weight excluding hydrogens is 253 g/mol. The number of nitrogens with zero attached hydrogens (tertiary/aromatic N) is 1. The van der Waals surface area contributed by atoms with Crippen LogP contribution in [0.2, 0.25) is 0 Å². The zero-order valence-corrected chi connectivity index (χ0v) is 12.2. The van der Waals surface area contributed by atoms with E-state index in [0.717, 1.165) is 0 Å². The van der Waals surface area contributed by atoms with E-state index < -0.39 is 23.7 Å². The van der Waals surface area contributed by atoms with Crippen molar-refractivity contribution in [1.29, 1.82) is 0 Å². The quantitative estimate of drug-likeness (QED) is 0.198. The van der Waals surface area contributed by atoms with Crippen LogP contribution in [0.1, 0.15) is 27.7 Å². The monoisotopic (exact) mass is 271 g/mol. The van der Waals surface area contributed by atoms with Crippen molar-refractivity contribution in [2.45, 2.75) is 39.3 Å². The van der Waals surface area contributed by atoms with Gasteiger partial charge in [-0.05, 0) is 19.0 Å². The van der Waals surface area contributed by atoms with Gasteiger partial charge in [-0.2, -0.15) is 0 Å². The van der Waals surface area contributed by atoms with Crippen LogP contribution in [0.4, 0.5) is 0 Å². The predicted molar refractivity (Wildman–Crippen MR) is 63.8 cm³/mol. The molecule has 0 aromatic heterocycles. The first-order valence-electron chi connectivity index (χ1n) is 5.17. The summed E-state index contributed by atoms with van der Waals surface area (Å²) in [5.74, 6) is -0.696. The number of esters is 1. The Morgan fingerprint density at radius 3 is 2.44 bits per heavy atom. The van der Waals surface area contributed by atoms with Gasteiger partial charge in [0.15, 0.2) is 6.04 Å². The minimum Gasteiger partial charge on any atom is -0.595 e. The second-order valence-corrected chi connectivity index (χ2v) is 4.76. The SMILES string of the molecule is CCOC(=O)[C@H](CSO)N=C([O-])OC(C)(C)C.[Li+]. The minimum atomic E-state index is -1.04. The summed E-state index contributed by atoms with van der Waals surface area (Å²) >= 11 is 0.422. The van der Waals surface area contributed by atoms with Crippen molar-refractivity contribution < 1.29 is 42.8 Å². The third-order valence-electron chi connectivity index (χ3n) is 1.45. The second-order valence-electron chi connectivity index (χ2n) is 4.17. The molecule has 18 heavy (non-hydrogen) atoms. The topological polar surface area (TPSA) is 91.2 Å². The fraction of sp³-hybridized carbons (Fsp3) is 0.800. The van der Waals surface area contributed by atoms with Crippen molar-refractivity contribution in [3.63, 3.8) is 0 Å². The molecule has 0 saturated heterocycles. The first-order valence-corrected chi connectivity index (χ1v) is 6.11. The molecule has 0 unspecified atom stereocenters. The summed E-state index contributed by atoms with van der Waals surface area (Å²) in [5.41, 5.74) is -0.674. The summed E-state index contributed by atoms with van der Waals surface area (Å²) in [4.78, 5) is 14.9. The van der Waals surface area contributed by atoms with Crippen LogP contribution in [0.15, 0.2) is 4.99 Å². The Kier molecular flexibility index (Phi) is 10.6. The summed E-state index contributed by atoms with van der Waals surface area (Å²) in [6.45, 7) is 6.92. The van der Waals surface area contributed by atoms with E-state index in [0.29, 0.717) is 12.0 Å². The van der Waals surface area contributed by atoms with Crippen molar-refractivity contribution in [2.24, 2.45) is 4.99 Å². The normalized spacial score (nSPS) is 13.5. The van der Waals surface area contributed by atoms with Gasteiger partial charge in [0.1, 0.15) is 6.08 Å². The van der Waals surface area contributed by atoms with E-state index in [1.54, 1.807) is 27.7 Å². The standard InChI is InChI=1S/C10H19NO5S.Li/c1-5-15-8(12)7(6-17-14)11-9(13)16-10(2,3)4;/h7,14H,5-6H2,1-4H3,(H,11,13);/q;+1/p-1/t7-;/m0./s1. The van der Waals surface area contributed by atoms with Crippen LogP contribution >= 0.6 is 12.0 Å². The zero-order valence-electron chi connectivity index (χ0n) is 11.4. The van der Waals surface area contributed by atoms with Gasteiger partial charge in [0, 0.05) is 5.60 Å². The molecule has 0 aliphatic rings. The Hall–Kier alpha value is -0.353. The summed E-state index contributed by atoms with van der Waals surface area (Å²) in [6, 6.07) is -1.04. The molecule has 100 valence electrons. The van der Waals surface area contributed by atoms with Gasteiger partial charge in [-0.3, -0.25) is 4.99 Å². The van der Waals surface area contributed by atoms with Crippen LogP contribution in [-0.2, 0) is 14.3 Å². The van der Waals surface area contributed by atoms with E-state index in [1.807, 2.05) is 0 Å². The Labute approximate surface area is 124 Å². The van der Waals surface area contributed by atoms with Crippen molar-refractivity contribution in [2.75, 3.05) is 12.4 Å². The molecule has 0 aromatic rings. The van der Waals surface area contributed by atoms with Crippen molar-refractivity contribution in [3.05, 3.63) is 0 Å².